The Bertz CT molecular complexity index is 408. The predicted molar refractivity (Wildman–Crippen MR) is 61.9 cm³/mol. The first-order valence-electron chi connectivity index (χ1n) is 5.50. The van der Waals surface area contributed by atoms with Crippen molar-refractivity contribution in [1.29, 1.82) is 0 Å². The molecule has 3 heteroatoms. The summed E-state index contributed by atoms with van der Waals surface area (Å²) in [6.07, 6.45) is 1.19. The van der Waals surface area contributed by atoms with Gasteiger partial charge in [-0.3, -0.25) is 0 Å². The van der Waals surface area contributed by atoms with Crippen LogP contribution in [0.25, 0.3) is 0 Å². The van der Waals surface area contributed by atoms with Crippen LogP contribution in [0.3, 0.4) is 0 Å². The summed E-state index contributed by atoms with van der Waals surface area (Å²) in [6.45, 7) is 3.17. The molecule has 0 bridgehead atoms. The molecule has 87 valence electrons. The standard InChI is InChI=1S/C14H15O2.Y/c1-12-2-4-13(5-3-12)6-7-14(15)8-10-16-11-9-14;/h2,4-5,15H,8-11H2,1H3;/q-1;. The Hall–Kier alpha value is -0.196. The van der Waals surface area contributed by atoms with E-state index in [1.807, 2.05) is 25.1 Å². The molecule has 2 nitrogen and oxygen atoms in total. The first kappa shape index (κ1) is 14.9. The molecule has 1 aliphatic rings. The molecule has 1 N–H and O–H groups in total. The van der Waals surface area contributed by atoms with E-state index < -0.39 is 5.60 Å². The number of rotatable bonds is 0. The van der Waals surface area contributed by atoms with Crippen molar-refractivity contribution >= 4 is 0 Å². The Morgan fingerprint density at radius 1 is 1.35 bits per heavy atom. The minimum atomic E-state index is -0.872. The molecule has 0 aliphatic carbocycles. The van der Waals surface area contributed by atoms with Crippen molar-refractivity contribution in [2.45, 2.75) is 25.4 Å². The molecule has 0 spiro atoms. The van der Waals surface area contributed by atoms with Gasteiger partial charge in [-0.15, -0.1) is 5.92 Å². The van der Waals surface area contributed by atoms with Crippen molar-refractivity contribution in [3.8, 4) is 11.8 Å². The van der Waals surface area contributed by atoms with Gasteiger partial charge in [0, 0.05) is 45.6 Å². The molecular weight excluding hydrogens is 289 g/mol. The Kier molecular flexibility index (Phi) is 5.82. The zero-order chi connectivity index (χ0) is 11.4. The van der Waals surface area contributed by atoms with E-state index in [2.05, 4.69) is 17.9 Å². The average molecular weight is 304 g/mol. The maximum Gasteiger partial charge on any atom is 0.129 e. The minimum Gasteiger partial charge on any atom is -0.381 e. The molecule has 1 heterocycles. The Morgan fingerprint density at radius 2 is 2.06 bits per heavy atom. The van der Waals surface area contributed by atoms with E-state index in [1.165, 1.54) is 0 Å². The van der Waals surface area contributed by atoms with Crippen LogP contribution in [0.4, 0.5) is 0 Å². The van der Waals surface area contributed by atoms with E-state index in [-0.39, 0.29) is 32.7 Å². The normalized spacial score (nSPS) is 17.5. The van der Waals surface area contributed by atoms with Gasteiger partial charge < -0.3 is 9.84 Å². The van der Waals surface area contributed by atoms with E-state index in [1.54, 1.807) is 0 Å². The number of ether oxygens (including phenoxy) is 1. The summed E-state index contributed by atoms with van der Waals surface area (Å²) in [5, 5.41) is 10.1. The van der Waals surface area contributed by atoms with Gasteiger partial charge in [-0.2, -0.15) is 29.8 Å². The average Bonchev–Trinajstić information content (AvgIpc) is 2.29. The molecule has 1 aromatic rings. The van der Waals surface area contributed by atoms with Crippen LogP contribution in [0.1, 0.15) is 24.0 Å². The Morgan fingerprint density at radius 3 is 2.65 bits per heavy atom. The van der Waals surface area contributed by atoms with Crippen molar-refractivity contribution in [2.75, 3.05) is 13.2 Å². The number of benzene rings is 1. The SMILES string of the molecule is Cc1[c-]cc(C#CC2(O)CCOCC2)cc1.[Y]. The topological polar surface area (TPSA) is 29.5 Å². The largest absolute Gasteiger partial charge is 0.381 e. The number of aryl methyl sites for hydroxylation is 1. The van der Waals surface area contributed by atoms with E-state index in [4.69, 9.17) is 4.74 Å². The fourth-order valence-corrected chi connectivity index (χ4v) is 1.60. The molecule has 17 heavy (non-hydrogen) atoms. The first-order chi connectivity index (χ1) is 7.68. The van der Waals surface area contributed by atoms with Gasteiger partial charge in [-0.25, -0.2) is 0 Å². The van der Waals surface area contributed by atoms with Crippen molar-refractivity contribution < 1.29 is 42.6 Å². The summed E-state index contributed by atoms with van der Waals surface area (Å²) in [4.78, 5) is 0. The van der Waals surface area contributed by atoms with Crippen LogP contribution in [0, 0.1) is 24.8 Å². The second-order valence-corrected chi connectivity index (χ2v) is 4.15. The van der Waals surface area contributed by atoms with Gasteiger partial charge in [-0.1, -0.05) is 18.4 Å². The smallest absolute Gasteiger partial charge is 0.129 e. The van der Waals surface area contributed by atoms with Crippen LogP contribution in [0.15, 0.2) is 18.2 Å². The molecule has 1 fully saturated rings. The molecule has 1 saturated heterocycles. The van der Waals surface area contributed by atoms with Crippen LogP contribution < -0.4 is 0 Å². The second-order valence-electron chi connectivity index (χ2n) is 4.15. The third-order valence-corrected chi connectivity index (χ3v) is 2.73. The second kappa shape index (κ2) is 6.66. The summed E-state index contributed by atoms with van der Waals surface area (Å²) < 4.78 is 5.20. The van der Waals surface area contributed by atoms with Gasteiger partial charge in [-0.05, 0) is 0 Å². The van der Waals surface area contributed by atoms with Crippen molar-refractivity contribution in [3.05, 3.63) is 35.4 Å². The van der Waals surface area contributed by atoms with E-state index in [9.17, 15) is 5.11 Å². The maximum atomic E-state index is 10.1. The van der Waals surface area contributed by atoms with Gasteiger partial charge in [0.2, 0.25) is 0 Å². The zero-order valence-electron chi connectivity index (χ0n) is 9.99. The van der Waals surface area contributed by atoms with Crippen LogP contribution in [-0.2, 0) is 37.4 Å². The Balaban J connectivity index is 0.00000144. The monoisotopic (exact) mass is 304 g/mol. The van der Waals surface area contributed by atoms with Gasteiger partial charge in [0.05, 0.1) is 13.2 Å². The molecule has 2 rings (SSSR count). The van der Waals surface area contributed by atoms with Crippen LogP contribution in [0.2, 0.25) is 0 Å². The molecule has 0 unspecified atom stereocenters. The molecule has 1 radical (unpaired) electrons. The van der Waals surface area contributed by atoms with Crippen molar-refractivity contribution in [1.82, 2.24) is 0 Å². The predicted octanol–water partition coefficient (Wildman–Crippen LogP) is 1.69. The van der Waals surface area contributed by atoms with Crippen LogP contribution in [0.5, 0.6) is 0 Å². The van der Waals surface area contributed by atoms with Gasteiger partial charge >= 0.3 is 0 Å². The van der Waals surface area contributed by atoms with Gasteiger partial charge in [0.1, 0.15) is 5.60 Å². The number of hydrogen-bond donors (Lipinski definition) is 1. The number of hydrogen-bond acceptors (Lipinski definition) is 2. The van der Waals surface area contributed by atoms with E-state index in [0.29, 0.717) is 26.1 Å². The summed E-state index contributed by atoms with van der Waals surface area (Å²) in [6, 6.07) is 8.86. The third kappa shape index (κ3) is 4.52. The number of aliphatic hydroxyl groups is 1. The molecule has 0 atom stereocenters. The maximum absolute atomic E-state index is 10.1. The minimum absolute atomic E-state index is 0. The Labute approximate surface area is 128 Å². The summed E-state index contributed by atoms with van der Waals surface area (Å²) in [5.41, 5.74) is 1.12. The van der Waals surface area contributed by atoms with Crippen molar-refractivity contribution in [2.24, 2.45) is 0 Å². The van der Waals surface area contributed by atoms with E-state index >= 15 is 0 Å². The van der Waals surface area contributed by atoms with Crippen molar-refractivity contribution in [3.63, 3.8) is 0 Å². The molecule has 0 aromatic heterocycles. The fourth-order valence-electron chi connectivity index (χ4n) is 1.60. The van der Waals surface area contributed by atoms with Gasteiger partial charge in [0.25, 0.3) is 0 Å². The zero-order valence-corrected chi connectivity index (χ0v) is 12.8. The van der Waals surface area contributed by atoms with Crippen LogP contribution in [-0.4, -0.2) is 23.9 Å². The molecular formula is C14H15O2Y-. The fraction of sp³-hybridized carbons (Fsp3) is 0.429. The summed E-state index contributed by atoms with van der Waals surface area (Å²) >= 11 is 0. The summed E-state index contributed by atoms with van der Waals surface area (Å²) in [5.74, 6) is 5.93. The first-order valence-corrected chi connectivity index (χ1v) is 5.50. The quantitative estimate of drug-likeness (QED) is 0.584. The summed E-state index contributed by atoms with van der Waals surface area (Å²) in [7, 11) is 0. The molecule has 0 amide bonds. The third-order valence-electron chi connectivity index (χ3n) is 2.73. The van der Waals surface area contributed by atoms with E-state index in [0.717, 1.165) is 11.1 Å². The van der Waals surface area contributed by atoms with Gasteiger partial charge in [0.15, 0.2) is 0 Å². The molecule has 1 aliphatic heterocycles. The van der Waals surface area contributed by atoms with Crippen LogP contribution >= 0.6 is 0 Å². The molecule has 0 saturated carbocycles. The molecule has 1 aromatic carbocycles.